The molecule has 0 spiro atoms. The molecule has 10 heteroatoms. The van der Waals surface area contributed by atoms with Crippen molar-refractivity contribution in [3.63, 3.8) is 0 Å². The van der Waals surface area contributed by atoms with Crippen molar-refractivity contribution in [3.8, 4) is 5.75 Å². The van der Waals surface area contributed by atoms with Crippen molar-refractivity contribution in [3.05, 3.63) is 41.5 Å². The van der Waals surface area contributed by atoms with E-state index in [2.05, 4.69) is 10.1 Å². The van der Waals surface area contributed by atoms with Crippen molar-refractivity contribution >= 4 is 18.9 Å². The molecule has 136 valence electrons. The highest BCUT2D eigenvalue weighted by Gasteiger charge is 2.37. The van der Waals surface area contributed by atoms with E-state index in [4.69, 9.17) is 10.4 Å². The monoisotopic (exact) mass is 358 g/mol. The number of nitrogens with two attached hydrogens (primary N) is 1. The second-order valence-corrected chi connectivity index (χ2v) is 6.19. The average Bonchev–Trinajstić information content (AvgIpc) is 3.02. The molecule has 1 aromatic carbocycles. The molecule has 1 atom stereocenters. The number of Topliss-reactive ketones (excluding diaryl/α,β-unsaturated/α-hetero) is 1. The molecule has 1 aliphatic rings. The zero-order chi connectivity index (χ0) is 18.7. The Bertz CT molecular complexity index is 825. The lowest BCUT2D eigenvalue weighted by atomic mass is 9.64. The number of carbonyl (C=O) groups is 2. The maximum atomic E-state index is 12.4. The number of hydrogen-bond donors (Lipinski definition) is 3. The van der Waals surface area contributed by atoms with Crippen molar-refractivity contribution in [2.75, 3.05) is 6.54 Å². The van der Waals surface area contributed by atoms with E-state index in [1.54, 1.807) is 12.1 Å². The molecule has 0 saturated heterocycles. The molecular weight excluding hydrogens is 339 g/mol. The van der Waals surface area contributed by atoms with Gasteiger partial charge in [0.25, 0.3) is 0 Å². The Hall–Kier alpha value is -2.72. The van der Waals surface area contributed by atoms with Crippen LogP contribution in [0.1, 0.15) is 28.2 Å². The van der Waals surface area contributed by atoms with E-state index < -0.39 is 18.9 Å². The molecule has 0 saturated carbocycles. The Morgan fingerprint density at radius 2 is 2.23 bits per heavy atom. The highest BCUT2D eigenvalue weighted by atomic mass is 16.5. The fourth-order valence-corrected chi connectivity index (χ4v) is 3.09. The predicted molar refractivity (Wildman–Crippen MR) is 91.9 cm³/mol. The minimum Gasteiger partial charge on any atom is -0.535 e. The summed E-state index contributed by atoms with van der Waals surface area (Å²) in [5.41, 5.74) is 6.17. The van der Waals surface area contributed by atoms with Gasteiger partial charge in [-0.15, -0.1) is 0 Å². The molecule has 2 aromatic rings. The standard InChI is InChI=1S/C16H19BN4O5/c18-5-4-14-19-9-20-21(14)8-12(22)7-11-6-10-2-1-3-13(16(23)24)15(10)26-17(11)25/h1-3,9,11,25H,4-8,18H2,(H,23,24)/t11-/m1/s1. The van der Waals surface area contributed by atoms with Crippen molar-refractivity contribution < 1.29 is 24.4 Å². The summed E-state index contributed by atoms with van der Waals surface area (Å²) in [5.74, 6) is -0.905. The summed E-state index contributed by atoms with van der Waals surface area (Å²) < 4.78 is 6.91. The van der Waals surface area contributed by atoms with Crippen LogP contribution in [0.15, 0.2) is 24.5 Å². The van der Waals surface area contributed by atoms with Gasteiger partial charge in [-0.3, -0.25) is 4.79 Å². The van der Waals surface area contributed by atoms with Gasteiger partial charge >= 0.3 is 13.1 Å². The van der Waals surface area contributed by atoms with Gasteiger partial charge in [-0.2, -0.15) is 5.10 Å². The first kappa shape index (κ1) is 18.1. The first-order valence-corrected chi connectivity index (χ1v) is 8.28. The fourth-order valence-electron chi connectivity index (χ4n) is 3.09. The van der Waals surface area contributed by atoms with Crippen LogP contribution < -0.4 is 10.4 Å². The van der Waals surface area contributed by atoms with Crippen LogP contribution in [-0.2, 0) is 24.2 Å². The third-order valence-electron chi connectivity index (χ3n) is 4.33. The van der Waals surface area contributed by atoms with Crippen molar-refractivity contribution in [2.24, 2.45) is 5.73 Å². The largest absolute Gasteiger partial charge is 0.535 e. The van der Waals surface area contributed by atoms with Crippen LogP contribution in [0.4, 0.5) is 0 Å². The van der Waals surface area contributed by atoms with Gasteiger partial charge in [-0.1, -0.05) is 12.1 Å². The van der Waals surface area contributed by atoms with Crippen molar-refractivity contribution in [1.29, 1.82) is 0 Å². The van der Waals surface area contributed by atoms with E-state index in [-0.39, 0.29) is 30.1 Å². The third-order valence-corrected chi connectivity index (χ3v) is 4.33. The molecule has 3 rings (SSSR count). The zero-order valence-corrected chi connectivity index (χ0v) is 14.0. The highest BCUT2D eigenvalue weighted by Crippen LogP contribution is 2.36. The normalized spacial score (nSPS) is 16.1. The second kappa shape index (κ2) is 7.67. The van der Waals surface area contributed by atoms with E-state index in [0.29, 0.717) is 30.8 Å². The van der Waals surface area contributed by atoms with Crippen LogP contribution in [0.2, 0.25) is 5.82 Å². The number of ketones is 1. The Morgan fingerprint density at radius 3 is 2.96 bits per heavy atom. The molecule has 0 unspecified atom stereocenters. The third kappa shape index (κ3) is 3.76. The van der Waals surface area contributed by atoms with Crippen LogP contribution >= 0.6 is 0 Å². The number of carboxylic acid groups (broad SMARTS) is 1. The topological polar surface area (TPSA) is 141 Å². The molecule has 1 aromatic heterocycles. The SMILES string of the molecule is NCCc1ncnn1CC(=O)C[C@H]1Cc2cccc(C(=O)O)c2OB1O. The van der Waals surface area contributed by atoms with Gasteiger partial charge in [0.1, 0.15) is 24.4 Å². The number of aromatic carboxylic acids is 1. The summed E-state index contributed by atoms with van der Waals surface area (Å²) in [6.07, 6.45) is 2.34. The smallest absolute Gasteiger partial charge is 0.526 e. The lowest BCUT2D eigenvalue weighted by Crippen LogP contribution is -2.36. The van der Waals surface area contributed by atoms with E-state index in [1.807, 2.05) is 0 Å². The van der Waals surface area contributed by atoms with Gasteiger partial charge < -0.3 is 20.5 Å². The Kier molecular flexibility index (Phi) is 5.33. The first-order valence-electron chi connectivity index (χ1n) is 8.28. The maximum Gasteiger partial charge on any atom is 0.526 e. The average molecular weight is 358 g/mol. The van der Waals surface area contributed by atoms with Crippen LogP contribution in [0.5, 0.6) is 5.75 Å². The van der Waals surface area contributed by atoms with Gasteiger partial charge in [-0.05, 0) is 24.6 Å². The molecule has 4 N–H and O–H groups in total. The molecule has 26 heavy (non-hydrogen) atoms. The van der Waals surface area contributed by atoms with Crippen LogP contribution in [0.25, 0.3) is 0 Å². The number of fused-ring (bicyclic) bond motifs is 1. The minimum absolute atomic E-state index is 0.000341. The summed E-state index contributed by atoms with van der Waals surface area (Å²) in [6, 6.07) is 4.78. The number of carboxylic acids is 1. The van der Waals surface area contributed by atoms with Crippen LogP contribution in [-0.4, -0.2) is 50.3 Å². The Morgan fingerprint density at radius 1 is 1.42 bits per heavy atom. The van der Waals surface area contributed by atoms with Gasteiger partial charge in [0.15, 0.2) is 5.78 Å². The van der Waals surface area contributed by atoms with E-state index in [1.165, 1.54) is 17.1 Å². The number of para-hydroxylation sites is 1. The molecule has 1 aliphatic heterocycles. The number of carbonyl (C=O) groups excluding carboxylic acids is 1. The van der Waals surface area contributed by atoms with Crippen molar-refractivity contribution in [1.82, 2.24) is 14.8 Å². The summed E-state index contributed by atoms with van der Waals surface area (Å²) in [6.45, 7) is 0.450. The van der Waals surface area contributed by atoms with Gasteiger partial charge in [0.2, 0.25) is 0 Å². The van der Waals surface area contributed by atoms with E-state index in [0.717, 1.165) is 0 Å². The number of benzene rings is 1. The Labute approximate surface area is 149 Å². The summed E-state index contributed by atoms with van der Waals surface area (Å²) in [7, 11) is -1.24. The fraction of sp³-hybridized carbons (Fsp3) is 0.375. The summed E-state index contributed by atoms with van der Waals surface area (Å²) >= 11 is 0. The molecule has 2 heterocycles. The summed E-state index contributed by atoms with van der Waals surface area (Å²) in [5, 5.41) is 23.5. The molecule has 0 amide bonds. The molecule has 0 bridgehead atoms. The number of aromatic nitrogens is 3. The minimum atomic E-state index is -1.24. The lowest BCUT2D eigenvalue weighted by Gasteiger charge is -2.28. The first-order chi connectivity index (χ1) is 12.5. The van der Waals surface area contributed by atoms with E-state index in [9.17, 15) is 19.7 Å². The van der Waals surface area contributed by atoms with Gasteiger partial charge in [0, 0.05) is 18.7 Å². The Balaban J connectivity index is 1.69. The maximum absolute atomic E-state index is 12.4. The lowest BCUT2D eigenvalue weighted by molar-refractivity contribution is -0.120. The molecule has 9 nitrogen and oxygen atoms in total. The van der Waals surface area contributed by atoms with Crippen molar-refractivity contribution in [2.45, 2.75) is 31.6 Å². The predicted octanol–water partition coefficient (Wildman–Crippen LogP) is -0.0775. The second-order valence-electron chi connectivity index (χ2n) is 6.19. The molecular formula is C16H19BN4O5. The number of rotatable bonds is 7. The molecule has 0 radical (unpaired) electrons. The van der Waals surface area contributed by atoms with E-state index >= 15 is 0 Å². The quantitative estimate of drug-likeness (QED) is 0.584. The zero-order valence-electron chi connectivity index (χ0n) is 14.0. The highest BCUT2D eigenvalue weighted by molar-refractivity contribution is 6.47. The molecule has 0 aliphatic carbocycles. The van der Waals surface area contributed by atoms with Crippen LogP contribution in [0, 0.1) is 0 Å². The van der Waals surface area contributed by atoms with Gasteiger partial charge in [-0.25, -0.2) is 14.5 Å². The van der Waals surface area contributed by atoms with Crippen LogP contribution in [0.3, 0.4) is 0 Å². The molecule has 0 fully saturated rings. The number of hydrogen-bond acceptors (Lipinski definition) is 7. The van der Waals surface area contributed by atoms with Gasteiger partial charge in [0.05, 0.1) is 5.56 Å². The number of nitrogens with zero attached hydrogens (tertiary/aromatic N) is 3. The summed E-state index contributed by atoms with van der Waals surface area (Å²) in [4.78, 5) is 27.7.